The van der Waals surface area contributed by atoms with Crippen LogP contribution in [-0.2, 0) is 11.3 Å². The van der Waals surface area contributed by atoms with Crippen molar-refractivity contribution in [1.82, 2.24) is 9.55 Å². The number of hydrogen-bond acceptors (Lipinski definition) is 3. The van der Waals surface area contributed by atoms with E-state index in [4.69, 9.17) is 4.74 Å². The highest BCUT2D eigenvalue weighted by Crippen LogP contribution is 2.02. The topological polar surface area (TPSA) is 44.1 Å². The van der Waals surface area contributed by atoms with Crippen LogP contribution in [0.2, 0.25) is 0 Å². The maximum atomic E-state index is 11.3. The zero-order valence-corrected chi connectivity index (χ0v) is 9.40. The molecule has 0 aliphatic rings. The molecule has 1 aromatic heterocycles. The molecule has 4 nitrogen and oxygen atoms in total. The average Bonchev–Trinajstić information content (AvgIpc) is 2.67. The number of carbonyl (C=O) groups is 1. The van der Waals surface area contributed by atoms with Crippen LogP contribution in [0.15, 0.2) is 12.5 Å². The highest BCUT2D eigenvalue weighted by molar-refractivity contribution is 5.86. The Bertz CT molecular complexity index is 307. The Hall–Kier alpha value is -1.32. The van der Waals surface area contributed by atoms with Crippen molar-refractivity contribution in [3.63, 3.8) is 0 Å². The minimum absolute atomic E-state index is 0.341. The van der Waals surface area contributed by atoms with Crippen LogP contribution in [0.4, 0.5) is 0 Å². The molecule has 15 heavy (non-hydrogen) atoms. The van der Waals surface area contributed by atoms with Gasteiger partial charge in [0.15, 0.2) is 5.69 Å². The lowest BCUT2D eigenvalue weighted by molar-refractivity contribution is 0.0520. The summed E-state index contributed by atoms with van der Waals surface area (Å²) in [6.07, 6.45) is 6.94. The van der Waals surface area contributed by atoms with Crippen LogP contribution in [0.3, 0.4) is 0 Å². The van der Waals surface area contributed by atoms with E-state index in [2.05, 4.69) is 11.9 Å². The van der Waals surface area contributed by atoms with Gasteiger partial charge in [-0.3, -0.25) is 0 Å². The molecule has 0 radical (unpaired) electrons. The Morgan fingerprint density at radius 2 is 2.27 bits per heavy atom. The first-order valence-electron chi connectivity index (χ1n) is 5.46. The molecule has 0 atom stereocenters. The molecule has 0 aliphatic heterocycles. The first-order valence-corrected chi connectivity index (χ1v) is 5.46. The van der Waals surface area contributed by atoms with Gasteiger partial charge in [0.1, 0.15) is 0 Å². The fourth-order valence-electron chi connectivity index (χ4n) is 1.34. The van der Waals surface area contributed by atoms with E-state index < -0.39 is 0 Å². The van der Waals surface area contributed by atoms with Gasteiger partial charge in [-0.1, -0.05) is 19.8 Å². The van der Waals surface area contributed by atoms with Crippen molar-refractivity contribution >= 4 is 5.97 Å². The van der Waals surface area contributed by atoms with E-state index in [1.54, 1.807) is 19.4 Å². The summed E-state index contributed by atoms with van der Waals surface area (Å²) in [6, 6.07) is 0. The Labute approximate surface area is 90.3 Å². The summed E-state index contributed by atoms with van der Waals surface area (Å²) < 4.78 is 6.78. The van der Waals surface area contributed by atoms with Crippen LogP contribution < -0.4 is 0 Å². The Morgan fingerprint density at radius 1 is 1.47 bits per heavy atom. The van der Waals surface area contributed by atoms with E-state index >= 15 is 0 Å². The molecule has 0 spiro atoms. The number of ether oxygens (including phenoxy) is 1. The van der Waals surface area contributed by atoms with Gasteiger partial charge in [0.2, 0.25) is 0 Å². The lowest BCUT2D eigenvalue weighted by Gasteiger charge is -1.99. The molecule has 0 aliphatic carbocycles. The molecule has 0 N–H and O–H groups in total. The summed E-state index contributed by atoms with van der Waals surface area (Å²) >= 11 is 0. The van der Waals surface area contributed by atoms with Gasteiger partial charge in [0.05, 0.1) is 12.9 Å². The van der Waals surface area contributed by atoms with Crippen molar-refractivity contribution in [2.45, 2.75) is 39.7 Å². The summed E-state index contributed by atoms with van der Waals surface area (Å²) in [7, 11) is 0. The van der Waals surface area contributed by atoms with Crippen molar-refractivity contribution < 1.29 is 9.53 Å². The molecule has 1 aromatic rings. The van der Waals surface area contributed by atoms with E-state index in [1.807, 2.05) is 4.57 Å². The van der Waals surface area contributed by atoms with Crippen molar-refractivity contribution in [2.75, 3.05) is 6.61 Å². The second-order valence-electron chi connectivity index (χ2n) is 3.42. The summed E-state index contributed by atoms with van der Waals surface area (Å²) in [4.78, 5) is 15.3. The molecule has 0 bridgehead atoms. The lowest BCUT2D eigenvalue weighted by atomic mass is 10.2. The van der Waals surface area contributed by atoms with E-state index in [0.717, 1.165) is 13.0 Å². The van der Waals surface area contributed by atoms with Crippen molar-refractivity contribution in [3.8, 4) is 0 Å². The van der Waals surface area contributed by atoms with Gasteiger partial charge in [-0.25, -0.2) is 9.78 Å². The van der Waals surface area contributed by atoms with Gasteiger partial charge in [-0.2, -0.15) is 0 Å². The summed E-state index contributed by atoms with van der Waals surface area (Å²) in [6.45, 7) is 5.26. The fraction of sp³-hybridized carbons (Fsp3) is 0.636. The number of nitrogens with zero attached hydrogens (tertiary/aromatic N) is 2. The van der Waals surface area contributed by atoms with Crippen LogP contribution >= 0.6 is 0 Å². The smallest absolute Gasteiger partial charge is 0.358 e. The zero-order chi connectivity index (χ0) is 11.1. The third-order valence-corrected chi connectivity index (χ3v) is 2.14. The monoisotopic (exact) mass is 210 g/mol. The van der Waals surface area contributed by atoms with E-state index in [1.165, 1.54) is 12.8 Å². The number of aromatic nitrogens is 2. The summed E-state index contributed by atoms with van der Waals surface area (Å²) in [5.74, 6) is -0.341. The van der Waals surface area contributed by atoms with E-state index in [-0.39, 0.29) is 5.97 Å². The molecule has 1 rings (SSSR count). The molecule has 1 heterocycles. The normalized spacial score (nSPS) is 10.3. The quantitative estimate of drug-likeness (QED) is 0.534. The summed E-state index contributed by atoms with van der Waals surface area (Å²) in [5.41, 5.74) is 0.397. The molecule has 0 aromatic carbocycles. The molecule has 84 valence electrons. The predicted molar refractivity (Wildman–Crippen MR) is 57.7 cm³/mol. The van der Waals surface area contributed by atoms with Crippen LogP contribution in [0.5, 0.6) is 0 Å². The number of unbranched alkanes of at least 4 members (excludes halogenated alkanes) is 2. The van der Waals surface area contributed by atoms with Gasteiger partial charge < -0.3 is 9.30 Å². The molecule has 0 saturated carbocycles. The third-order valence-electron chi connectivity index (χ3n) is 2.14. The third kappa shape index (κ3) is 3.73. The summed E-state index contributed by atoms with van der Waals surface area (Å²) in [5, 5.41) is 0. The van der Waals surface area contributed by atoms with Crippen molar-refractivity contribution in [3.05, 3.63) is 18.2 Å². The highest BCUT2D eigenvalue weighted by atomic mass is 16.5. The number of carbonyl (C=O) groups excluding carboxylic acids is 1. The number of esters is 1. The molecular weight excluding hydrogens is 192 g/mol. The van der Waals surface area contributed by atoms with Crippen LogP contribution in [-0.4, -0.2) is 22.1 Å². The number of hydrogen-bond donors (Lipinski definition) is 0. The predicted octanol–water partition coefficient (Wildman–Crippen LogP) is 2.25. The highest BCUT2D eigenvalue weighted by Gasteiger charge is 2.09. The average molecular weight is 210 g/mol. The van der Waals surface area contributed by atoms with Crippen LogP contribution in [0.1, 0.15) is 43.6 Å². The Morgan fingerprint density at radius 3 is 2.93 bits per heavy atom. The minimum Gasteiger partial charge on any atom is -0.461 e. The number of rotatable bonds is 6. The number of imidazole rings is 1. The van der Waals surface area contributed by atoms with Crippen LogP contribution in [0, 0.1) is 0 Å². The first kappa shape index (κ1) is 11.8. The zero-order valence-electron chi connectivity index (χ0n) is 9.40. The Kier molecular flexibility index (Phi) is 4.87. The second-order valence-corrected chi connectivity index (χ2v) is 3.42. The maximum absolute atomic E-state index is 11.3. The van der Waals surface area contributed by atoms with Gasteiger partial charge in [-0.15, -0.1) is 0 Å². The van der Waals surface area contributed by atoms with E-state index in [9.17, 15) is 4.79 Å². The number of aryl methyl sites for hydroxylation is 1. The first-order chi connectivity index (χ1) is 7.27. The van der Waals surface area contributed by atoms with Gasteiger partial charge >= 0.3 is 5.97 Å². The van der Waals surface area contributed by atoms with Crippen molar-refractivity contribution in [2.24, 2.45) is 0 Å². The maximum Gasteiger partial charge on any atom is 0.358 e. The Balaban J connectivity index is 2.45. The molecule has 4 heteroatoms. The van der Waals surface area contributed by atoms with E-state index in [0.29, 0.717) is 12.3 Å². The van der Waals surface area contributed by atoms with Gasteiger partial charge in [0, 0.05) is 12.7 Å². The standard InChI is InChI=1S/C11H18N2O2/c1-3-5-6-7-13-8-10(12-9-13)11(14)15-4-2/h8-9H,3-7H2,1-2H3. The van der Waals surface area contributed by atoms with Gasteiger partial charge in [-0.05, 0) is 13.3 Å². The second kappa shape index (κ2) is 6.22. The van der Waals surface area contributed by atoms with Gasteiger partial charge in [0.25, 0.3) is 0 Å². The molecular formula is C11H18N2O2. The lowest BCUT2D eigenvalue weighted by Crippen LogP contribution is -2.04. The van der Waals surface area contributed by atoms with Crippen molar-refractivity contribution in [1.29, 1.82) is 0 Å². The van der Waals surface area contributed by atoms with Crippen LogP contribution in [0.25, 0.3) is 0 Å². The molecule has 0 unspecified atom stereocenters. The molecule has 0 fully saturated rings. The molecule has 0 saturated heterocycles. The minimum atomic E-state index is -0.341. The SMILES string of the molecule is CCCCCn1cnc(C(=O)OCC)c1. The molecule has 0 amide bonds. The fourth-order valence-corrected chi connectivity index (χ4v) is 1.34. The largest absolute Gasteiger partial charge is 0.461 e.